The lowest BCUT2D eigenvalue weighted by atomic mass is 10.1. The average molecular weight is 413 g/mol. The molecule has 0 unspecified atom stereocenters. The van der Waals surface area contributed by atoms with Crippen LogP contribution < -0.4 is 15.5 Å². The normalized spacial score (nSPS) is 15.6. The molecule has 0 aliphatic carbocycles. The first-order valence-corrected chi connectivity index (χ1v) is 9.22. The molecule has 1 aliphatic rings. The molecule has 3 amide bonds. The molecule has 8 nitrogen and oxygen atoms in total. The molecule has 1 atom stereocenters. The number of carbonyl (C=O) groups excluding carboxylic acids is 4. The van der Waals surface area contributed by atoms with E-state index in [2.05, 4.69) is 10.6 Å². The summed E-state index contributed by atoms with van der Waals surface area (Å²) < 4.78 is 18.9. The van der Waals surface area contributed by atoms with Gasteiger partial charge in [-0.05, 0) is 30.3 Å². The van der Waals surface area contributed by atoms with Crippen LogP contribution in [0.15, 0.2) is 48.5 Å². The summed E-state index contributed by atoms with van der Waals surface area (Å²) in [5.41, 5.74) is 0.843. The van der Waals surface area contributed by atoms with Crippen molar-refractivity contribution in [3.05, 3.63) is 59.9 Å². The number of hydrogen-bond donors (Lipinski definition) is 2. The van der Waals surface area contributed by atoms with Crippen molar-refractivity contribution in [1.29, 1.82) is 0 Å². The van der Waals surface area contributed by atoms with Gasteiger partial charge in [-0.1, -0.05) is 18.2 Å². The summed E-state index contributed by atoms with van der Waals surface area (Å²) in [6, 6.07) is 12.1. The summed E-state index contributed by atoms with van der Waals surface area (Å²) in [4.78, 5) is 49.3. The Morgan fingerprint density at radius 1 is 1.17 bits per heavy atom. The molecular formula is C21H20FN3O5. The van der Waals surface area contributed by atoms with E-state index in [1.54, 1.807) is 24.3 Å². The molecule has 0 spiro atoms. The van der Waals surface area contributed by atoms with Crippen LogP contribution in [0.2, 0.25) is 0 Å². The van der Waals surface area contributed by atoms with Crippen molar-refractivity contribution in [2.24, 2.45) is 5.92 Å². The Labute approximate surface area is 172 Å². The third-order valence-electron chi connectivity index (χ3n) is 4.58. The van der Waals surface area contributed by atoms with Crippen LogP contribution in [0.3, 0.4) is 0 Å². The third kappa shape index (κ3) is 4.80. The van der Waals surface area contributed by atoms with Gasteiger partial charge in [0.25, 0.3) is 11.8 Å². The first-order chi connectivity index (χ1) is 14.4. The van der Waals surface area contributed by atoms with E-state index >= 15 is 0 Å². The number of rotatable bonds is 6. The van der Waals surface area contributed by atoms with Crippen molar-refractivity contribution in [1.82, 2.24) is 5.32 Å². The van der Waals surface area contributed by atoms with Gasteiger partial charge in [0.1, 0.15) is 5.82 Å². The van der Waals surface area contributed by atoms with Crippen LogP contribution in [0.5, 0.6) is 0 Å². The maximum Gasteiger partial charge on any atom is 0.311 e. The second-order valence-corrected chi connectivity index (χ2v) is 6.67. The summed E-state index contributed by atoms with van der Waals surface area (Å²) in [7, 11) is 1.49. The minimum absolute atomic E-state index is 0.0195. The summed E-state index contributed by atoms with van der Waals surface area (Å²) in [5, 5.41) is 5.01. The molecule has 1 fully saturated rings. The first-order valence-electron chi connectivity index (χ1n) is 9.22. The number of nitrogens with zero attached hydrogens (tertiary/aromatic N) is 1. The number of amides is 3. The van der Waals surface area contributed by atoms with Crippen molar-refractivity contribution in [2.75, 3.05) is 30.4 Å². The number of carbonyl (C=O) groups is 4. The van der Waals surface area contributed by atoms with Crippen molar-refractivity contribution in [3.8, 4) is 0 Å². The topological polar surface area (TPSA) is 105 Å². The first kappa shape index (κ1) is 21.0. The predicted molar refractivity (Wildman–Crippen MR) is 106 cm³/mol. The van der Waals surface area contributed by atoms with E-state index in [-0.39, 0.29) is 24.6 Å². The van der Waals surface area contributed by atoms with Gasteiger partial charge in [-0.3, -0.25) is 19.2 Å². The Morgan fingerprint density at radius 3 is 2.67 bits per heavy atom. The van der Waals surface area contributed by atoms with Gasteiger partial charge in [0.05, 0.1) is 11.6 Å². The molecule has 30 heavy (non-hydrogen) atoms. The minimum atomic E-state index is -0.790. The summed E-state index contributed by atoms with van der Waals surface area (Å²) in [6.07, 6.45) is -0.122. The molecule has 0 radical (unpaired) electrons. The van der Waals surface area contributed by atoms with Crippen molar-refractivity contribution >= 4 is 35.1 Å². The Morgan fingerprint density at radius 2 is 1.93 bits per heavy atom. The number of nitrogens with one attached hydrogen (secondary N) is 2. The maximum atomic E-state index is 13.9. The second-order valence-electron chi connectivity index (χ2n) is 6.67. The molecule has 156 valence electrons. The third-order valence-corrected chi connectivity index (χ3v) is 4.58. The quantitative estimate of drug-likeness (QED) is 0.702. The van der Waals surface area contributed by atoms with E-state index in [9.17, 15) is 23.6 Å². The molecule has 2 aromatic carbocycles. The standard InChI is InChI=1S/C21H20FN3O5/c1-23-20(28)13-5-4-6-15(9-13)24-18(26)12-30-21(29)14-10-19(27)25(11-14)17-8-3-2-7-16(17)22/h2-9,14H,10-12H2,1H3,(H,23,28)(H,24,26)/t14-/m1/s1. The van der Waals surface area contributed by atoms with Crippen LogP contribution in [0.1, 0.15) is 16.8 Å². The van der Waals surface area contributed by atoms with Gasteiger partial charge in [0.15, 0.2) is 6.61 Å². The molecule has 0 aromatic heterocycles. The lowest BCUT2D eigenvalue weighted by molar-refractivity contribution is -0.151. The fraction of sp³-hybridized carbons (Fsp3) is 0.238. The number of para-hydroxylation sites is 1. The molecule has 1 heterocycles. The van der Waals surface area contributed by atoms with Crippen molar-refractivity contribution < 1.29 is 28.3 Å². The largest absolute Gasteiger partial charge is 0.455 e. The highest BCUT2D eigenvalue weighted by molar-refractivity contribution is 6.00. The fourth-order valence-corrected chi connectivity index (χ4v) is 3.10. The van der Waals surface area contributed by atoms with E-state index in [1.165, 1.54) is 36.2 Å². The van der Waals surface area contributed by atoms with E-state index < -0.39 is 36.1 Å². The molecule has 0 bridgehead atoms. The van der Waals surface area contributed by atoms with Crippen LogP contribution in [-0.2, 0) is 19.1 Å². The molecule has 1 aliphatic heterocycles. The zero-order chi connectivity index (χ0) is 21.7. The summed E-state index contributed by atoms with van der Waals surface area (Å²) in [5.74, 6) is -3.34. The maximum absolute atomic E-state index is 13.9. The molecule has 9 heteroatoms. The average Bonchev–Trinajstić information content (AvgIpc) is 3.13. The van der Waals surface area contributed by atoms with Gasteiger partial charge in [-0.2, -0.15) is 0 Å². The smallest absolute Gasteiger partial charge is 0.311 e. The Bertz CT molecular complexity index is 994. The predicted octanol–water partition coefficient (Wildman–Crippen LogP) is 1.72. The molecule has 0 saturated carbocycles. The molecule has 2 aromatic rings. The van der Waals surface area contributed by atoms with Crippen LogP contribution in [-0.4, -0.2) is 43.9 Å². The Kier molecular flexibility index (Phi) is 6.41. The fourth-order valence-electron chi connectivity index (χ4n) is 3.10. The monoisotopic (exact) mass is 413 g/mol. The number of esters is 1. The number of ether oxygens (including phenoxy) is 1. The Hall–Kier alpha value is -3.75. The van der Waals surface area contributed by atoms with Crippen molar-refractivity contribution in [3.63, 3.8) is 0 Å². The van der Waals surface area contributed by atoms with Gasteiger partial charge < -0.3 is 20.3 Å². The van der Waals surface area contributed by atoms with E-state index in [0.717, 1.165) is 0 Å². The van der Waals surface area contributed by atoms with Gasteiger partial charge in [-0.15, -0.1) is 0 Å². The van der Waals surface area contributed by atoms with E-state index in [1.807, 2.05) is 0 Å². The second kappa shape index (κ2) is 9.17. The van der Waals surface area contributed by atoms with Gasteiger partial charge in [-0.25, -0.2) is 4.39 Å². The number of halogens is 1. The number of hydrogen-bond acceptors (Lipinski definition) is 5. The zero-order valence-electron chi connectivity index (χ0n) is 16.2. The van der Waals surface area contributed by atoms with Gasteiger partial charge in [0.2, 0.25) is 5.91 Å². The lowest BCUT2D eigenvalue weighted by Crippen LogP contribution is -2.28. The van der Waals surface area contributed by atoms with E-state index in [0.29, 0.717) is 11.3 Å². The van der Waals surface area contributed by atoms with Crippen LogP contribution in [0.25, 0.3) is 0 Å². The van der Waals surface area contributed by atoms with Crippen LogP contribution >= 0.6 is 0 Å². The highest BCUT2D eigenvalue weighted by atomic mass is 19.1. The van der Waals surface area contributed by atoms with Crippen molar-refractivity contribution in [2.45, 2.75) is 6.42 Å². The summed E-state index contributed by atoms with van der Waals surface area (Å²) >= 11 is 0. The zero-order valence-corrected chi connectivity index (χ0v) is 16.2. The molecule has 1 saturated heterocycles. The summed E-state index contributed by atoms with van der Waals surface area (Å²) in [6.45, 7) is -0.568. The number of benzene rings is 2. The van der Waals surface area contributed by atoms with Crippen LogP contribution in [0.4, 0.5) is 15.8 Å². The van der Waals surface area contributed by atoms with Gasteiger partial charge in [0, 0.05) is 31.3 Å². The highest BCUT2D eigenvalue weighted by Gasteiger charge is 2.37. The SMILES string of the molecule is CNC(=O)c1cccc(NC(=O)COC(=O)[C@@H]2CC(=O)N(c3ccccc3F)C2)c1. The molecular weight excluding hydrogens is 393 g/mol. The van der Waals surface area contributed by atoms with Gasteiger partial charge >= 0.3 is 5.97 Å². The van der Waals surface area contributed by atoms with Crippen LogP contribution in [0, 0.1) is 11.7 Å². The lowest BCUT2D eigenvalue weighted by Gasteiger charge is -2.17. The minimum Gasteiger partial charge on any atom is -0.455 e. The molecule has 3 rings (SSSR count). The molecule has 2 N–H and O–H groups in total. The highest BCUT2D eigenvalue weighted by Crippen LogP contribution is 2.27. The number of anilines is 2. The van der Waals surface area contributed by atoms with E-state index in [4.69, 9.17) is 4.74 Å². The Balaban J connectivity index is 1.53.